The van der Waals surface area contributed by atoms with Crippen LogP contribution in [0.15, 0.2) is 87.2 Å². The number of anilines is 1. The van der Waals surface area contributed by atoms with Gasteiger partial charge in [-0.1, -0.05) is 42.1 Å². The van der Waals surface area contributed by atoms with Crippen LogP contribution in [0.25, 0.3) is 22.1 Å². The number of hydrogen-bond acceptors (Lipinski definition) is 6. The van der Waals surface area contributed by atoms with Crippen LogP contribution in [0.4, 0.5) is 10.1 Å². The summed E-state index contributed by atoms with van der Waals surface area (Å²) in [6.07, 6.45) is 0. The van der Waals surface area contributed by atoms with Crippen LogP contribution in [0.5, 0.6) is 5.75 Å². The molecule has 0 unspecified atom stereocenters. The Kier molecular flexibility index (Phi) is 6.24. The van der Waals surface area contributed by atoms with Gasteiger partial charge in [0.05, 0.1) is 19.4 Å². The van der Waals surface area contributed by atoms with E-state index in [1.165, 1.54) is 22.8 Å². The van der Waals surface area contributed by atoms with Gasteiger partial charge in [0.25, 0.3) is 5.56 Å². The third kappa shape index (κ3) is 4.76. The second-order valence-electron chi connectivity index (χ2n) is 7.76. The summed E-state index contributed by atoms with van der Waals surface area (Å²) in [6, 6.07) is 20.3. The van der Waals surface area contributed by atoms with Gasteiger partial charge in [-0.05, 0) is 48.0 Å². The van der Waals surface area contributed by atoms with Gasteiger partial charge in [0.2, 0.25) is 11.5 Å². The molecule has 0 spiro atoms. The predicted octanol–water partition coefficient (Wildman–Crippen LogP) is 5.07. The molecule has 9 heteroatoms. The Balaban J connectivity index is 1.51. The number of fused-ring (bicyclic) bond motifs is 3. The highest BCUT2D eigenvalue weighted by molar-refractivity contribution is 7.99. The van der Waals surface area contributed by atoms with Crippen molar-refractivity contribution in [1.29, 1.82) is 0 Å². The van der Waals surface area contributed by atoms with Gasteiger partial charge in [-0.3, -0.25) is 14.2 Å². The summed E-state index contributed by atoms with van der Waals surface area (Å²) in [5, 5.41) is 3.75. The highest BCUT2D eigenvalue weighted by Crippen LogP contribution is 2.28. The molecule has 176 valence electrons. The molecule has 0 aliphatic heterocycles. The van der Waals surface area contributed by atoms with Crippen molar-refractivity contribution in [1.82, 2.24) is 9.55 Å². The molecule has 3 aromatic carbocycles. The number of hydrogen-bond donors (Lipinski definition) is 1. The summed E-state index contributed by atoms with van der Waals surface area (Å²) in [7, 11) is 1.58. The molecule has 2 aromatic heterocycles. The number of thioether (sulfide) groups is 1. The van der Waals surface area contributed by atoms with E-state index >= 15 is 0 Å². The van der Waals surface area contributed by atoms with E-state index < -0.39 is 5.82 Å². The molecule has 1 N–H and O–H groups in total. The molecule has 1 amide bonds. The van der Waals surface area contributed by atoms with E-state index in [2.05, 4.69) is 5.32 Å². The lowest BCUT2D eigenvalue weighted by Gasteiger charge is -2.12. The molecule has 5 rings (SSSR count). The lowest BCUT2D eigenvalue weighted by atomic mass is 10.2. The van der Waals surface area contributed by atoms with Crippen LogP contribution >= 0.6 is 11.8 Å². The minimum Gasteiger partial charge on any atom is -0.497 e. The minimum absolute atomic E-state index is 0.0254. The number of furan rings is 1. The van der Waals surface area contributed by atoms with E-state index in [-0.39, 0.29) is 29.3 Å². The molecule has 0 saturated carbocycles. The van der Waals surface area contributed by atoms with Crippen molar-refractivity contribution in [2.24, 2.45) is 0 Å². The normalized spacial score (nSPS) is 11.1. The second-order valence-corrected chi connectivity index (χ2v) is 8.70. The molecular weight excluding hydrogens is 469 g/mol. The van der Waals surface area contributed by atoms with Crippen molar-refractivity contribution in [3.05, 3.63) is 94.5 Å². The zero-order valence-electron chi connectivity index (χ0n) is 18.7. The van der Waals surface area contributed by atoms with Gasteiger partial charge < -0.3 is 14.5 Å². The number of halogens is 1. The maximum Gasteiger partial charge on any atom is 0.298 e. The summed E-state index contributed by atoms with van der Waals surface area (Å²) in [6.45, 7) is 0.212. The van der Waals surface area contributed by atoms with Gasteiger partial charge in [0.15, 0.2) is 5.16 Å². The maximum atomic E-state index is 13.5. The molecule has 0 aliphatic carbocycles. The van der Waals surface area contributed by atoms with E-state index in [4.69, 9.17) is 14.1 Å². The number of benzene rings is 3. The van der Waals surface area contributed by atoms with Crippen LogP contribution in [0, 0.1) is 5.82 Å². The predicted molar refractivity (Wildman–Crippen MR) is 134 cm³/mol. The van der Waals surface area contributed by atoms with Crippen molar-refractivity contribution in [3.8, 4) is 5.75 Å². The fraction of sp³-hybridized carbons (Fsp3) is 0.115. The number of nitrogens with one attached hydrogen (secondary N) is 1. The fourth-order valence-corrected chi connectivity index (χ4v) is 4.54. The summed E-state index contributed by atoms with van der Waals surface area (Å²) >= 11 is 1.12. The van der Waals surface area contributed by atoms with Crippen LogP contribution < -0.4 is 15.6 Å². The lowest BCUT2D eigenvalue weighted by Crippen LogP contribution is -2.24. The number of carbonyl (C=O) groups is 1. The Hall–Kier alpha value is -4.11. The Bertz CT molecular complexity index is 1610. The quantitative estimate of drug-likeness (QED) is 0.254. The van der Waals surface area contributed by atoms with E-state index in [0.29, 0.717) is 27.7 Å². The molecule has 0 aliphatic rings. The largest absolute Gasteiger partial charge is 0.497 e. The van der Waals surface area contributed by atoms with Crippen molar-refractivity contribution in [2.45, 2.75) is 11.7 Å². The first-order valence-electron chi connectivity index (χ1n) is 10.7. The number of rotatable bonds is 7. The molecule has 0 fully saturated rings. The topological polar surface area (TPSA) is 86.4 Å². The molecule has 0 bridgehead atoms. The number of aromatic nitrogens is 2. The SMILES string of the molecule is COc1cccc(Cn2c(SCC(=O)Nc3cccc(F)c3)nc3c(oc4ccccc43)c2=O)c1. The van der Waals surface area contributed by atoms with Gasteiger partial charge in [-0.25, -0.2) is 9.37 Å². The Morgan fingerprint density at radius 2 is 1.94 bits per heavy atom. The Morgan fingerprint density at radius 1 is 1.11 bits per heavy atom. The maximum absolute atomic E-state index is 13.5. The molecule has 5 aromatic rings. The number of carbonyl (C=O) groups excluding carboxylic acids is 1. The number of methoxy groups -OCH3 is 1. The van der Waals surface area contributed by atoms with Crippen molar-refractivity contribution in [2.75, 3.05) is 18.2 Å². The van der Waals surface area contributed by atoms with E-state index in [1.54, 1.807) is 19.2 Å². The highest BCUT2D eigenvalue weighted by atomic mass is 32.2. The lowest BCUT2D eigenvalue weighted by molar-refractivity contribution is -0.113. The first kappa shape index (κ1) is 22.7. The molecule has 35 heavy (non-hydrogen) atoms. The molecule has 2 heterocycles. The van der Waals surface area contributed by atoms with Crippen LogP contribution in [0.1, 0.15) is 5.56 Å². The zero-order valence-corrected chi connectivity index (χ0v) is 19.5. The molecule has 0 radical (unpaired) electrons. The van der Waals surface area contributed by atoms with Crippen molar-refractivity contribution in [3.63, 3.8) is 0 Å². The Labute approximate surface area is 203 Å². The van der Waals surface area contributed by atoms with Crippen molar-refractivity contribution < 1.29 is 18.3 Å². The van der Waals surface area contributed by atoms with Crippen molar-refractivity contribution >= 4 is 45.4 Å². The molecular formula is C26H20FN3O4S. The number of para-hydroxylation sites is 1. The van der Waals surface area contributed by atoms with E-state index in [1.807, 2.05) is 42.5 Å². The summed E-state index contributed by atoms with van der Waals surface area (Å²) < 4.78 is 26.1. The summed E-state index contributed by atoms with van der Waals surface area (Å²) in [5.41, 5.74) is 2.00. The van der Waals surface area contributed by atoms with Crippen LogP contribution in [0.3, 0.4) is 0 Å². The van der Waals surface area contributed by atoms with E-state index in [9.17, 15) is 14.0 Å². The average molecular weight is 490 g/mol. The molecule has 0 atom stereocenters. The number of amides is 1. The standard InChI is InChI=1S/C26H20FN3O4S/c1-33-19-9-4-6-16(12-19)14-30-25(32)24-23(20-10-2-3-11-21(20)34-24)29-26(30)35-15-22(31)28-18-8-5-7-17(27)13-18/h2-13H,14-15H2,1H3,(H,28,31). The summed E-state index contributed by atoms with van der Waals surface area (Å²) in [5.74, 6) is -0.152. The first-order chi connectivity index (χ1) is 17.0. The monoisotopic (exact) mass is 489 g/mol. The third-order valence-corrected chi connectivity index (χ3v) is 6.34. The molecule has 0 saturated heterocycles. The van der Waals surface area contributed by atoms with E-state index in [0.717, 1.165) is 22.7 Å². The van der Waals surface area contributed by atoms with Crippen LogP contribution in [0.2, 0.25) is 0 Å². The number of ether oxygens (including phenoxy) is 1. The third-order valence-electron chi connectivity index (χ3n) is 5.36. The second kappa shape index (κ2) is 9.63. The summed E-state index contributed by atoms with van der Waals surface area (Å²) in [4.78, 5) is 30.8. The first-order valence-corrected chi connectivity index (χ1v) is 11.7. The van der Waals surface area contributed by atoms with Crippen LogP contribution in [-0.2, 0) is 11.3 Å². The zero-order chi connectivity index (χ0) is 24.4. The average Bonchev–Trinajstić information content (AvgIpc) is 3.24. The molecule has 7 nitrogen and oxygen atoms in total. The Morgan fingerprint density at radius 3 is 2.77 bits per heavy atom. The van der Waals surface area contributed by atoms with Gasteiger partial charge in [0.1, 0.15) is 22.7 Å². The van der Waals surface area contributed by atoms with Gasteiger partial charge in [0, 0.05) is 11.1 Å². The minimum atomic E-state index is -0.443. The van der Waals surface area contributed by atoms with Gasteiger partial charge in [-0.2, -0.15) is 0 Å². The smallest absolute Gasteiger partial charge is 0.298 e. The fourth-order valence-electron chi connectivity index (χ4n) is 3.75. The van der Waals surface area contributed by atoms with Crippen LogP contribution in [-0.4, -0.2) is 28.3 Å². The number of nitrogens with zero attached hydrogens (tertiary/aromatic N) is 2. The highest BCUT2D eigenvalue weighted by Gasteiger charge is 2.19. The van der Waals surface area contributed by atoms with Gasteiger partial charge in [-0.15, -0.1) is 0 Å². The van der Waals surface area contributed by atoms with Gasteiger partial charge >= 0.3 is 0 Å².